The zero-order valence-corrected chi connectivity index (χ0v) is 18.8. The van der Waals surface area contributed by atoms with E-state index in [1.807, 2.05) is 4.90 Å². The van der Waals surface area contributed by atoms with Gasteiger partial charge in [0.15, 0.2) is 11.5 Å². The molecule has 0 fully saturated rings. The smallest absolute Gasteiger partial charge is 0.387 e. The Balaban J connectivity index is 1.98. The lowest BCUT2D eigenvalue weighted by Crippen LogP contribution is -2.24. The molecule has 2 aromatic carbocycles. The quantitative estimate of drug-likeness (QED) is 0.421. The molecule has 0 aliphatic heterocycles. The van der Waals surface area contributed by atoms with Crippen molar-refractivity contribution in [1.82, 2.24) is 9.97 Å². The minimum absolute atomic E-state index is 0.0977. The number of hydrogen-bond acceptors (Lipinski definition) is 7. The maximum atomic E-state index is 12.9. The Kier molecular flexibility index (Phi) is 7.42. The Morgan fingerprint density at radius 2 is 1.73 bits per heavy atom. The zero-order chi connectivity index (χ0) is 24.0. The van der Waals surface area contributed by atoms with Crippen LogP contribution in [0.4, 0.5) is 20.2 Å². The number of halogens is 2. The lowest BCUT2D eigenvalue weighted by atomic mass is 10.1. The number of hydrogen-bond donors (Lipinski definition) is 0. The van der Waals surface area contributed by atoms with Gasteiger partial charge in [-0.05, 0) is 57.2 Å². The summed E-state index contributed by atoms with van der Waals surface area (Å²) in [6, 6.07) is 11.5. The fraction of sp³-hybridized carbons (Fsp3) is 0.292. The van der Waals surface area contributed by atoms with Crippen molar-refractivity contribution in [2.45, 2.75) is 39.5 Å². The lowest BCUT2D eigenvalue weighted by Gasteiger charge is -2.26. The number of anilines is 2. The van der Waals surface area contributed by atoms with E-state index in [9.17, 15) is 13.6 Å². The average Bonchev–Trinajstić information content (AvgIpc) is 2.77. The second kappa shape index (κ2) is 10.2. The summed E-state index contributed by atoms with van der Waals surface area (Å²) in [4.78, 5) is 22.6. The van der Waals surface area contributed by atoms with Crippen molar-refractivity contribution < 1.29 is 27.8 Å². The second-order valence-corrected chi connectivity index (χ2v) is 8.05. The monoisotopic (exact) mass is 457 g/mol. The minimum atomic E-state index is -3.00. The molecular formula is C24H25F2N3O4. The maximum absolute atomic E-state index is 12.9. The van der Waals surface area contributed by atoms with Gasteiger partial charge < -0.3 is 19.1 Å². The van der Waals surface area contributed by atoms with Crippen molar-refractivity contribution in [3.8, 4) is 11.5 Å². The van der Waals surface area contributed by atoms with Crippen LogP contribution in [0, 0.1) is 0 Å². The van der Waals surface area contributed by atoms with Gasteiger partial charge in [0.2, 0.25) is 0 Å². The Labute approximate surface area is 190 Å². The normalized spacial score (nSPS) is 11.2. The minimum Gasteiger partial charge on any atom is -0.493 e. The predicted octanol–water partition coefficient (Wildman–Crippen LogP) is 5.38. The third kappa shape index (κ3) is 6.61. The molecule has 0 radical (unpaired) electrons. The van der Waals surface area contributed by atoms with Crippen LogP contribution >= 0.6 is 0 Å². The Morgan fingerprint density at radius 3 is 2.30 bits per heavy atom. The molecule has 1 heterocycles. The number of alkyl halides is 2. The molecule has 0 spiro atoms. The van der Waals surface area contributed by atoms with Gasteiger partial charge in [0.1, 0.15) is 5.60 Å². The molecule has 7 nitrogen and oxygen atoms in total. The third-order valence-electron chi connectivity index (χ3n) is 4.43. The van der Waals surface area contributed by atoms with Crippen molar-refractivity contribution in [3.63, 3.8) is 0 Å². The van der Waals surface area contributed by atoms with Gasteiger partial charge in [-0.3, -0.25) is 9.97 Å². The Hall–Kier alpha value is -3.75. The topological polar surface area (TPSA) is 73.8 Å². The summed E-state index contributed by atoms with van der Waals surface area (Å²) in [5, 5.41) is 0. The zero-order valence-electron chi connectivity index (χ0n) is 18.8. The highest BCUT2D eigenvalue weighted by atomic mass is 19.3. The van der Waals surface area contributed by atoms with Crippen molar-refractivity contribution in [1.29, 1.82) is 0 Å². The second-order valence-electron chi connectivity index (χ2n) is 8.05. The highest BCUT2D eigenvalue weighted by molar-refractivity contribution is 5.90. The Morgan fingerprint density at radius 1 is 1.03 bits per heavy atom. The van der Waals surface area contributed by atoms with E-state index in [0.717, 1.165) is 0 Å². The van der Waals surface area contributed by atoms with Crippen LogP contribution in [-0.2, 0) is 11.3 Å². The van der Waals surface area contributed by atoms with E-state index in [0.29, 0.717) is 29.2 Å². The van der Waals surface area contributed by atoms with Gasteiger partial charge >= 0.3 is 12.6 Å². The molecule has 174 valence electrons. The van der Waals surface area contributed by atoms with Gasteiger partial charge in [-0.2, -0.15) is 8.78 Å². The van der Waals surface area contributed by atoms with Crippen LogP contribution in [0.5, 0.6) is 11.5 Å². The molecule has 3 aromatic rings. The maximum Gasteiger partial charge on any atom is 0.387 e. The summed E-state index contributed by atoms with van der Waals surface area (Å²) in [7, 11) is 1.38. The number of carbonyl (C=O) groups is 1. The third-order valence-corrected chi connectivity index (χ3v) is 4.43. The summed E-state index contributed by atoms with van der Waals surface area (Å²) < 4.78 is 41.0. The summed E-state index contributed by atoms with van der Waals surface area (Å²) in [5.41, 5.74) is 1.69. The van der Waals surface area contributed by atoms with Crippen molar-refractivity contribution >= 4 is 17.3 Å². The number of ether oxygens (including phenoxy) is 3. The van der Waals surface area contributed by atoms with E-state index in [1.54, 1.807) is 75.8 Å². The van der Waals surface area contributed by atoms with E-state index < -0.39 is 18.2 Å². The first kappa shape index (κ1) is 23.9. The average molecular weight is 457 g/mol. The van der Waals surface area contributed by atoms with Crippen molar-refractivity contribution in [2.24, 2.45) is 0 Å². The van der Waals surface area contributed by atoms with E-state index in [1.165, 1.54) is 13.2 Å². The van der Waals surface area contributed by atoms with Gasteiger partial charge in [-0.1, -0.05) is 0 Å². The highest BCUT2D eigenvalue weighted by Crippen LogP contribution is 2.36. The molecule has 0 aliphatic carbocycles. The van der Waals surface area contributed by atoms with Gasteiger partial charge in [0, 0.05) is 29.8 Å². The summed E-state index contributed by atoms with van der Waals surface area (Å²) in [6.07, 6.45) is 4.74. The molecule has 0 N–H and O–H groups in total. The number of benzene rings is 2. The fourth-order valence-electron chi connectivity index (χ4n) is 3.04. The van der Waals surface area contributed by atoms with E-state index in [2.05, 4.69) is 14.7 Å². The van der Waals surface area contributed by atoms with Crippen LogP contribution in [0.1, 0.15) is 36.8 Å². The number of aromatic nitrogens is 2. The molecule has 0 atom stereocenters. The molecule has 0 amide bonds. The van der Waals surface area contributed by atoms with E-state index in [-0.39, 0.29) is 11.5 Å². The summed E-state index contributed by atoms with van der Waals surface area (Å²) >= 11 is 0. The van der Waals surface area contributed by atoms with Crippen molar-refractivity contribution in [2.75, 3.05) is 12.0 Å². The molecule has 33 heavy (non-hydrogen) atoms. The molecule has 0 aliphatic rings. The highest BCUT2D eigenvalue weighted by Gasteiger charge is 2.20. The first-order chi connectivity index (χ1) is 15.7. The molecule has 0 unspecified atom stereocenters. The number of nitrogens with zero attached hydrogens (tertiary/aromatic N) is 3. The summed E-state index contributed by atoms with van der Waals surface area (Å²) in [6.45, 7) is 2.68. The molecule has 1 aromatic heterocycles. The van der Waals surface area contributed by atoms with E-state index >= 15 is 0 Å². The molecule has 0 saturated carbocycles. The lowest BCUT2D eigenvalue weighted by molar-refractivity contribution is -0.0511. The molecule has 9 heteroatoms. The molecule has 0 saturated heterocycles. The van der Waals surface area contributed by atoms with Crippen molar-refractivity contribution in [3.05, 3.63) is 72.3 Å². The van der Waals surface area contributed by atoms with Crippen LogP contribution in [0.3, 0.4) is 0 Å². The van der Waals surface area contributed by atoms with Gasteiger partial charge in [-0.15, -0.1) is 0 Å². The number of carbonyl (C=O) groups excluding carboxylic acids is 1. The first-order valence-corrected chi connectivity index (χ1v) is 10.1. The largest absolute Gasteiger partial charge is 0.493 e. The van der Waals surface area contributed by atoms with Crippen LogP contribution in [0.15, 0.2) is 61.1 Å². The molecule has 3 rings (SSSR count). The molecule has 0 bridgehead atoms. The number of esters is 1. The summed E-state index contributed by atoms with van der Waals surface area (Å²) in [5.74, 6) is -0.357. The van der Waals surface area contributed by atoms with E-state index in [4.69, 9.17) is 9.47 Å². The SMILES string of the molecule is COc1ccc(N(Cc2cnccn2)c2ccc(C(=O)OC(C)(C)C)cc2)cc1OC(F)F. The van der Waals surface area contributed by atoms with Crippen LogP contribution in [-0.4, -0.2) is 35.3 Å². The standard InChI is InChI=1S/C24H25F2N3O4/c1-24(2,3)33-22(30)16-5-7-18(8-6-16)29(15-17-14-27-11-12-28-17)19-9-10-20(31-4)21(13-19)32-23(25)26/h5-14,23H,15H2,1-4H3. The van der Waals surface area contributed by atoms with Gasteiger partial charge in [-0.25, -0.2) is 4.79 Å². The van der Waals surface area contributed by atoms with Gasteiger partial charge in [0.05, 0.1) is 31.1 Å². The Bertz CT molecular complexity index is 1070. The van der Waals surface area contributed by atoms with Crippen LogP contribution < -0.4 is 14.4 Å². The molecular weight excluding hydrogens is 432 g/mol. The predicted molar refractivity (Wildman–Crippen MR) is 119 cm³/mol. The first-order valence-electron chi connectivity index (χ1n) is 10.1. The van der Waals surface area contributed by atoms with Gasteiger partial charge in [0.25, 0.3) is 0 Å². The number of methoxy groups -OCH3 is 1. The fourth-order valence-corrected chi connectivity index (χ4v) is 3.04. The van der Waals surface area contributed by atoms with Crippen LogP contribution in [0.25, 0.3) is 0 Å². The number of rotatable bonds is 8. The van der Waals surface area contributed by atoms with Crippen LogP contribution in [0.2, 0.25) is 0 Å².